The van der Waals surface area contributed by atoms with Crippen molar-refractivity contribution in [3.8, 4) is 22.9 Å². The van der Waals surface area contributed by atoms with E-state index in [1.54, 1.807) is 62.4 Å². The van der Waals surface area contributed by atoms with E-state index in [0.29, 0.717) is 35.9 Å². The summed E-state index contributed by atoms with van der Waals surface area (Å²) in [5.41, 5.74) is -0.277. The Bertz CT molecular complexity index is 2560. The van der Waals surface area contributed by atoms with E-state index >= 15 is 0 Å². The van der Waals surface area contributed by atoms with Crippen molar-refractivity contribution < 1.29 is 49.1 Å². The molecule has 6 rings (SSSR count). The van der Waals surface area contributed by atoms with Crippen LogP contribution in [0.3, 0.4) is 0 Å². The second-order valence-corrected chi connectivity index (χ2v) is 15.7. The molecule has 70 heavy (non-hydrogen) atoms. The van der Waals surface area contributed by atoms with Crippen molar-refractivity contribution in [2.75, 3.05) is 32.8 Å². The maximum atomic E-state index is 12.4. The summed E-state index contributed by atoms with van der Waals surface area (Å²) in [6.45, 7) is 8.21. The number of nitro benzene ring substituents is 2. The van der Waals surface area contributed by atoms with Crippen LogP contribution in [0.4, 0.5) is 34.1 Å². The Morgan fingerprint density at radius 3 is 1.30 bits per heavy atom. The Hall–Kier alpha value is -7.09. The van der Waals surface area contributed by atoms with Gasteiger partial charge in [0.15, 0.2) is 0 Å². The minimum atomic E-state index is -0.643. The van der Waals surface area contributed by atoms with Gasteiger partial charge in [0.1, 0.15) is 11.4 Å². The number of nitro groups is 2. The maximum Gasteiger partial charge on any atom is 3.00 e. The fourth-order valence-electron chi connectivity index (χ4n) is 6.76. The van der Waals surface area contributed by atoms with E-state index in [-0.39, 0.29) is 66.1 Å². The van der Waals surface area contributed by atoms with Crippen LogP contribution in [-0.4, -0.2) is 67.2 Å². The summed E-state index contributed by atoms with van der Waals surface area (Å²) in [7, 11) is 0. The Balaban J connectivity index is 0.000000365. The van der Waals surface area contributed by atoms with Gasteiger partial charge in [-0.05, 0) is 37.2 Å². The number of hydrogen-bond donors (Lipinski definition) is 2. The largest absolute Gasteiger partial charge is 3.00 e. The van der Waals surface area contributed by atoms with Gasteiger partial charge in [0, 0.05) is 48.7 Å². The van der Waals surface area contributed by atoms with Gasteiger partial charge in [-0.3, -0.25) is 34.7 Å². The SMILES string of the molecule is CCCCCCCCCCCCN(CCO)CCO.Cc1[n-]n(-c2ccccc2)c(=O)c1N=Nc1cc([N+](=O)[O-])ccc1[O-].Cc1[n-]n(-c2ccccc2)c(=O)c1N=Nc1cc([N+](=O)[O-])ccc1[O-].[Cr+3].[H+]. The van der Waals surface area contributed by atoms with Gasteiger partial charge in [-0.2, -0.15) is 10.2 Å². The van der Waals surface area contributed by atoms with E-state index in [1.165, 1.54) is 73.6 Å². The van der Waals surface area contributed by atoms with Crippen molar-refractivity contribution in [2.45, 2.75) is 85.0 Å². The van der Waals surface area contributed by atoms with Crippen LogP contribution in [0.15, 0.2) is 127 Å². The number of nitrogens with zero attached hydrogens (tertiary/aromatic N) is 11. The zero-order valence-corrected chi connectivity index (χ0v) is 40.6. The average Bonchev–Trinajstić information content (AvgIpc) is 3.80. The van der Waals surface area contributed by atoms with E-state index in [9.17, 15) is 40.0 Å². The molecule has 0 atom stereocenters. The van der Waals surface area contributed by atoms with E-state index in [0.717, 1.165) is 42.9 Å². The molecule has 0 aliphatic heterocycles. The number of rotatable bonds is 23. The Labute approximate surface area is 416 Å². The van der Waals surface area contributed by atoms with Crippen molar-refractivity contribution >= 4 is 34.1 Å². The Morgan fingerprint density at radius 2 is 0.943 bits per heavy atom. The number of aliphatic hydroxyl groups is 2. The van der Waals surface area contributed by atoms with E-state index in [1.807, 2.05) is 12.1 Å². The normalized spacial score (nSPS) is 11.0. The number of aliphatic hydroxyl groups excluding tert-OH is 2. The number of benzene rings is 4. The van der Waals surface area contributed by atoms with Crippen LogP contribution >= 0.6 is 0 Å². The molecule has 0 amide bonds. The first kappa shape index (κ1) is 57.2. The summed E-state index contributed by atoms with van der Waals surface area (Å²) in [4.78, 5) is 47.3. The summed E-state index contributed by atoms with van der Waals surface area (Å²) in [6, 6.07) is 23.8. The number of aryl methyl sites for hydroxylation is 2. The molecular weight excluding hydrogens is 943 g/mol. The third kappa shape index (κ3) is 17.8. The smallest absolute Gasteiger partial charge is 0.871 e. The monoisotopic (exact) mass is 1000 g/mol. The molecule has 0 aliphatic rings. The third-order valence-electron chi connectivity index (χ3n) is 10.5. The summed E-state index contributed by atoms with van der Waals surface area (Å²) < 4.78 is 2.35. The van der Waals surface area contributed by atoms with Gasteiger partial charge in [-0.1, -0.05) is 139 Å². The summed E-state index contributed by atoms with van der Waals surface area (Å²) in [5, 5.41) is 86.1. The molecule has 0 bridgehead atoms. The molecule has 371 valence electrons. The molecule has 22 heteroatoms. The third-order valence-corrected chi connectivity index (χ3v) is 10.5. The molecule has 0 fully saturated rings. The van der Waals surface area contributed by atoms with Crippen LogP contribution in [0.25, 0.3) is 11.4 Å². The molecule has 0 spiro atoms. The van der Waals surface area contributed by atoms with Crippen molar-refractivity contribution in [3.63, 3.8) is 0 Å². The van der Waals surface area contributed by atoms with Crippen LogP contribution in [0.5, 0.6) is 11.5 Å². The fourth-order valence-corrected chi connectivity index (χ4v) is 6.76. The number of para-hydroxylation sites is 2. The number of unbranched alkanes of at least 4 members (excludes halogenated alkanes) is 9. The van der Waals surface area contributed by atoms with Crippen molar-refractivity contribution in [1.29, 1.82) is 0 Å². The minimum Gasteiger partial charge on any atom is -0.871 e. The molecule has 2 heterocycles. The van der Waals surface area contributed by atoms with Crippen molar-refractivity contribution in [3.05, 3.63) is 149 Å². The topological polar surface area (TPSA) is 298 Å². The fraction of sp³-hybridized carbons (Fsp3) is 0.375. The molecule has 2 aromatic heterocycles. The van der Waals surface area contributed by atoms with Crippen molar-refractivity contribution in [2.24, 2.45) is 20.5 Å². The quantitative estimate of drug-likeness (QED) is 0.0264. The van der Waals surface area contributed by atoms with Crippen LogP contribution in [0.2, 0.25) is 0 Å². The van der Waals surface area contributed by atoms with E-state index in [2.05, 4.69) is 42.5 Å². The molecule has 2 N–H and O–H groups in total. The molecule has 0 saturated heterocycles. The summed E-state index contributed by atoms with van der Waals surface area (Å²) in [5.74, 6) is -1.06. The predicted octanol–water partition coefficient (Wildman–Crippen LogP) is 8.30. The van der Waals surface area contributed by atoms with Gasteiger partial charge in [0.2, 0.25) is 0 Å². The van der Waals surface area contributed by atoms with Gasteiger partial charge < -0.3 is 40.0 Å². The van der Waals surface area contributed by atoms with E-state index < -0.39 is 32.5 Å². The first-order valence-electron chi connectivity index (χ1n) is 22.6. The van der Waals surface area contributed by atoms with Crippen LogP contribution in [0, 0.1) is 34.1 Å². The predicted molar refractivity (Wildman–Crippen MR) is 257 cm³/mol. The zero-order valence-electron chi connectivity index (χ0n) is 40.3. The molecule has 0 unspecified atom stereocenters. The second-order valence-electron chi connectivity index (χ2n) is 15.7. The van der Waals surface area contributed by atoms with Crippen molar-refractivity contribution in [1.82, 2.24) is 24.5 Å². The Kier molecular flexibility index (Phi) is 24.9. The standard InChI is InChI=1S/2C16H13N5O4.C16H35NO2.Cr/c2*1-10-15(16(23)20(19-10)11-5-3-2-4-6-11)18-17-13-9-12(21(24)25)7-8-14(13)22;1-2-3-4-5-6-7-8-9-10-11-12-17(13-15-18)14-16-19;/h2*2-9H,1H3,(H2,17,18,19,22,23);18-19H,2-16H2,1H3;/q;;;+3/p-3. The maximum absolute atomic E-state index is 12.4. The molecule has 1 radical (unpaired) electrons. The zero-order chi connectivity index (χ0) is 50.1. The molecule has 4 aromatic carbocycles. The van der Waals surface area contributed by atoms with Gasteiger partial charge in [-0.15, -0.1) is 21.6 Å². The van der Waals surface area contributed by atoms with Gasteiger partial charge >= 0.3 is 18.8 Å². The molecule has 0 saturated carbocycles. The minimum absolute atomic E-state index is 0. The molecule has 21 nitrogen and oxygen atoms in total. The number of azo groups is 2. The second kappa shape index (κ2) is 30.4. The molecule has 6 aromatic rings. The summed E-state index contributed by atoms with van der Waals surface area (Å²) >= 11 is 0. The molecule has 0 aliphatic carbocycles. The number of hydrogen-bond acceptors (Lipinski definition) is 15. The first-order chi connectivity index (χ1) is 33.3. The van der Waals surface area contributed by atoms with Gasteiger partial charge in [-0.25, -0.2) is 0 Å². The van der Waals surface area contributed by atoms with Gasteiger partial charge in [0.05, 0.1) is 34.4 Å². The Morgan fingerprint density at radius 1 is 0.571 bits per heavy atom. The van der Waals surface area contributed by atoms with Crippen LogP contribution in [-0.2, 0) is 17.4 Å². The van der Waals surface area contributed by atoms with Crippen LogP contribution < -0.4 is 31.5 Å². The van der Waals surface area contributed by atoms with Gasteiger partial charge in [0.25, 0.3) is 22.5 Å². The number of aromatic nitrogens is 4. The average molecular weight is 1000 g/mol. The van der Waals surface area contributed by atoms with Crippen LogP contribution in [0.1, 0.15) is 83.9 Å². The van der Waals surface area contributed by atoms with E-state index in [4.69, 9.17) is 10.2 Å². The number of non-ortho nitro benzene ring substituents is 2. The molecular formula is C48H58CrN11O10. The first-order valence-corrected chi connectivity index (χ1v) is 22.6. The summed E-state index contributed by atoms with van der Waals surface area (Å²) in [6.07, 6.45) is 13.5.